The van der Waals surface area contributed by atoms with Gasteiger partial charge in [0.1, 0.15) is 11.3 Å². The predicted molar refractivity (Wildman–Crippen MR) is 201 cm³/mol. The summed E-state index contributed by atoms with van der Waals surface area (Å²) in [6, 6.07) is 12.7. The van der Waals surface area contributed by atoms with Gasteiger partial charge in [-0.15, -0.1) is 0 Å². The van der Waals surface area contributed by atoms with E-state index in [0.29, 0.717) is 18.8 Å². The molecule has 11 nitrogen and oxygen atoms in total. The first-order valence-electron chi connectivity index (χ1n) is 18.3. The van der Waals surface area contributed by atoms with Crippen molar-refractivity contribution in [3.8, 4) is 0 Å². The van der Waals surface area contributed by atoms with Crippen molar-refractivity contribution >= 4 is 12.1 Å². The van der Waals surface area contributed by atoms with Crippen LogP contribution in [0, 0.1) is 34.6 Å². The number of unbranched alkanes of at least 4 members (excludes halogenated alkanes) is 1. The van der Waals surface area contributed by atoms with E-state index in [9.17, 15) is 9.59 Å². The zero-order valence-electron chi connectivity index (χ0n) is 32.3. The number of carbonyl (C=O) groups excluding carboxylic acids is 2. The SMILES string of the molecule is COC(=O)c1cc(C)cc(CN2CCN(Cc3cc(C)cc(C)n3)CCN(Cc3cc(C)cc(C)n3)C[C@@H]2CCCCNC(=O)OC(C)(C)C)n1. The third-order valence-corrected chi connectivity index (χ3v) is 8.91. The van der Waals surface area contributed by atoms with Gasteiger partial charge >= 0.3 is 12.1 Å². The Morgan fingerprint density at radius 2 is 1.29 bits per heavy atom. The average Bonchev–Trinajstić information content (AvgIpc) is 3.08. The second kappa shape index (κ2) is 18.5. The van der Waals surface area contributed by atoms with Crippen LogP contribution in [-0.4, -0.2) is 99.7 Å². The summed E-state index contributed by atoms with van der Waals surface area (Å²) in [6.45, 7) is 22.9. The fraction of sp³-hybridized carbons (Fsp3) is 0.575. The van der Waals surface area contributed by atoms with Crippen LogP contribution in [0.1, 0.15) is 95.7 Å². The molecule has 4 rings (SSSR count). The number of esters is 1. The maximum absolute atomic E-state index is 12.5. The van der Waals surface area contributed by atoms with E-state index in [4.69, 9.17) is 24.4 Å². The molecule has 4 heterocycles. The summed E-state index contributed by atoms with van der Waals surface area (Å²) in [6.07, 6.45) is 2.31. The third kappa shape index (κ3) is 13.6. The Kier molecular flexibility index (Phi) is 14.5. The normalized spacial score (nSPS) is 16.6. The molecule has 51 heavy (non-hydrogen) atoms. The molecule has 0 aromatic carbocycles. The smallest absolute Gasteiger partial charge is 0.407 e. The molecule has 1 aliphatic heterocycles. The van der Waals surface area contributed by atoms with E-state index < -0.39 is 11.6 Å². The lowest BCUT2D eigenvalue weighted by atomic mass is 10.1. The van der Waals surface area contributed by atoms with Crippen molar-refractivity contribution in [3.05, 3.63) is 87.3 Å². The first-order valence-corrected chi connectivity index (χ1v) is 18.3. The van der Waals surface area contributed by atoms with Crippen molar-refractivity contribution in [1.82, 2.24) is 35.0 Å². The molecule has 3 aromatic rings. The summed E-state index contributed by atoms with van der Waals surface area (Å²) >= 11 is 0. The van der Waals surface area contributed by atoms with Gasteiger partial charge in [0.2, 0.25) is 0 Å². The lowest BCUT2D eigenvalue weighted by molar-refractivity contribution is 0.0525. The van der Waals surface area contributed by atoms with E-state index in [0.717, 1.165) is 99.1 Å². The molecule has 1 saturated heterocycles. The van der Waals surface area contributed by atoms with Gasteiger partial charge in [0.15, 0.2) is 0 Å². The van der Waals surface area contributed by atoms with Crippen LogP contribution >= 0.6 is 0 Å². The molecule has 1 N–H and O–H groups in total. The number of pyridine rings is 3. The number of methoxy groups -OCH3 is 1. The van der Waals surface area contributed by atoms with Crippen molar-refractivity contribution < 1.29 is 19.1 Å². The highest BCUT2D eigenvalue weighted by Gasteiger charge is 2.27. The van der Waals surface area contributed by atoms with Gasteiger partial charge in [-0.05, 0) is 121 Å². The zero-order chi connectivity index (χ0) is 37.1. The fourth-order valence-corrected chi connectivity index (χ4v) is 6.85. The van der Waals surface area contributed by atoms with Gasteiger partial charge in [0.05, 0.1) is 24.2 Å². The molecule has 1 atom stereocenters. The molecule has 278 valence electrons. The number of rotatable bonds is 12. The van der Waals surface area contributed by atoms with E-state index in [1.54, 1.807) is 6.07 Å². The molecule has 1 aliphatic rings. The molecule has 1 amide bonds. The number of hydrogen-bond acceptors (Lipinski definition) is 10. The van der Waals surface area contributed by atoms with E-state index >= 15 is 0 Å². The first kappa shape index (κ1) is 39.8. The summed E-state index contributed by atoms with van der Waals surface area (Å²) in [7, 11) is 1.39. The minimum atomic E-state index is -0.532. The number of nitrogens with one attached hydrogen (secondary N) is 1. The number of amides is 1. The molecular weight excluding hydrogens is 642 g/mol. The Hall–Kier alpha value is -3.93. The maximum atomic E-state index is 12.5. The molecule has 1 fully saturated rings. The summed E-state index contributed by atoms with van der Waals surface area (Å²) < 4.78 is 10.5. The van der Waals surface area contributed by atoms with Crippen LogP contribution in [0.25, 0.3) is 0 Å². The van der Waals surface area contributed by atoms with Gasteiger partial charge in [-0.25, -0.2) is 14.6 Å². The van der Waals surface area contributed by atoms with Gasteiger partial charge in [0, 0.05) is 76.3 Å². The largest absolute Gasteiger partial charge is 0.464 e. The third-order valence-electron chi connectivity index (χ3n) is 8.91. The number of aromatic nitrogens is 3. The highest BCUT2D eigenvalue weighted by molar-refractivity contribution is 5.87. The first-order chi connectivity index (χ1) is 24.1. The van der Waals surface area contributed by atoms with Gasteiger partial charge in [-0.2, -0.15) is 0 Å². The summed E-state index contributed by atoms with van der Waals surface area (Å²) in [4.78, 5) is 46.9. The number of alkyl carbamates (subject to hydrolysis) is 1. The molecular formula is C40H59N7O4. The quantitative estimate of drug-likeness (QED) is 0.176. The van der Waals surface area contributed by atoms with Crippen LogP contribution in [0.5, 0.6) is 0 Å². The highest BCUT2D eigenvalue weighted by atomic mass is 16.6. The molecule has 0 unspecified atom stereocenters. The minimum absolute atomic E-state index is 0.195. The second-order valence-electron chi connectivity index (χ2n) is 15.1. The van der Waals surface area contributed by atoms with Gasteiger partial charge in [0.25, 0.3) is 0 Å². The lowest BCUT2D eigenvalue weighted by Gasteiger charge is -2.35. The monoisotopic (exact) mass is 701 g/mol. The topological polar surface area (TPSA) is 113 Å². The van der Waals surface area contributed by atoms with E-state index in [1.165, 1.54) is 18.2 Å². The Morgan fingerprint density at radius 1 is 0.745 bits per heavy atom. The van der Waals surface area contributed by atoms with E-state index in [-0.39, 0.29) is 12.1 Å². The van der Waals surface area contributed by atoms with Crippen molar-refractivity contribution in [3.63, 3.8) is 0 Å². The summed E-state index contributed by atoms with van der Waals surface area (Å²) in [5.74, 6) is -0.433. The predicted octanol–water partition coefficient (Wildman–Crippen LogP) is 6.08. The fourth-order valence-electron chi connectivity index (χ4n) is 6.85. The van der Waals surface area contributed by atoms with Crippen LogP contribution in [0.2, 0.25) is 0 Å². The molecule has 0 spiro atoms. The van der Waals surface area contributed by atoms with Crippen molar-refractivity contribution in [2.45, 2.75) is 106 Å². The average molecular weight is 702 g/mol. The van der Waals surface area contributed by atoms with Gasteiger partial charge in [-0.1, -0.05) is 6.42 Å². The van der Waals surface area contributed by atoms with Crippen LogP contribution in [0.3, 0.4) is 0 Å². The molecule has 11 heteroatoms. The van der Waals surface area contributed by atoms with Crippen LogP contribution in [0.4, 0.5) is 4.79 Å². The highest BCUT2D eigenvalue weighted by Crippen LogP contribution is 2.20. The lowest BCUT2D eigenvalue weighted by Crippen LogP contribution is -2.44. The van der Waals surface area contributed by atoms with Crippen molar-refractivity contribution in [2.75, 3.05) is 46.4 Å². The second-order valence-corrected chi connectivity index (χ2v) is 15.1. The maximum Gasteiger partial charge on any atom is 0.407 e. The van der Waals surface area contributed by atoms with Gasteiger partial charge < -0.3 is 14.8 Å². The van der Waals surface area contributed by atoms with E-state index in [2.05, 4.69) is 78.0 Å². The van der Waals surface area contributed by atoms with E-state index in [1.807, 2.05) is 27.7 Å². The Bertz CT molecular complexity index is 1580. The number of nitrogens with zero attached hydrogens (tertiary/aromatic N) is 6. The zero-order valence-corrected chi connectivity index (χ0v) is 32.3. The number of ether oxygens (including phenoxy) is 2. The number of hydrogen-bond donors (Lipinski definition) is 1. The molecule has 0 aliphatic carbocycles. The molecule has 0 radical (unpaired) electrons. The Balaban J connectivity index is 1.62. The molecule has 0 bridgehead atoms. The van der Waals surface area contributed by atoms with Crippen LogP contribution in [-0.2, 0) is 29.1 Å². The van der Waals surface area contributed by atoms with Crippen molar-refractivity contribution in [1.29, 1.82) is 0 Å². The van der Waals surface area contributed by atoms with Crippen molar-refractivity contribution in [2.24, 2.45) is 0 Å². The molecule has 0 saturated carbocycles. The standard InChI is InChI=1S/C40H59N7O4/c1-28-18-31(4)42-33(20-28)24-45-14-15-46(25-34-21-29(2)19-32(5)43-34)27-36(12-10-11-13-41-39(49)51-40(6,7)8)47(17-16-45)26-35-22-30(3)23-37(44-35)38(48)50-9/h18-23,36H,10-17,24-27H2,1-9H3,(H,41,49)/t36-/m0/s1. The number of carbonyl (C=O) groups is 2. The summed E-state index contributed by atoms with van der Waals surface area (Å²) in [5, 5.41) is 2.92. The molecule has 3 aromatic heterocycles. The van der Waals surface area contributed by atoms with Gasteiger partial charge in [-0.3, -0.25) is 24.7 Å². The minimum Gasteiger partial charge on any atom is -0.464 e. The Morgan fingerprint density at radius 3 is 1.88 bits per heavy atom. The van der Waals surface area contributed by atoms with Crippen LogP contribution in [0.15, 0.2) is 36.4 Å². The number of aryl methyl sites for hydroxylation is 5. The Labute approximate surface area is 305 Å². The van der Waals surface area contributed by atoms with Crippen LogP contribution < -0.4 is 5.32 Å². The summed E-state index contributed by atoms with van der Waals surface area (Å²) in [5.41, 5.74) is 8.26.